The van der Waals surface area contributed by atoms with Gasteiger partial charge in [-0.15, -0.1) is 0 Å². The third kappa shape index (κ3) is 1.60. The van der Waals surface area contributed by atoms with Gasteiger partial charge in [0, 0.05) is 0 Å². The van der Waals surface area contributed by atoms with E-state index in [1.54, 1.807) is 13.0 Å². The normalized spacial score (nSPS) is 9.58. The highest BCUT2D eigenvalue weighted by molar-refractivity contribution is 5.93. The highest BCUT2D eigenvalue weighted by atomic mass is 19.1. The Balaban J connectivity index is 3.13. The molecule has 0 aliphatic rings. The van der Waals surface area contributed by atoms with Crippen LogP contribution in [0.1, 0.15) is 15.9 Å². The lowest BCUT2D eigenvalue weighted by atomic mass is 10.1. The summed E-state index contributed by atoms with van der Waals surface area (Å²) in [5.41, 5.74) is 1.97. The Morgan fingerprint density at radius 3 is 2.83 bits per heavy atom. The van der Waals surface area contributed by atoms with Gasteiger partial charge in [-0.1, -0.05) is 11.6 Å². The quantitative estimate of drug-likeness (QED) is 0.491. The van der Waals surface area contributed by atoms with E-state index in [9.17, 15) is 9.18 Å². The lowest BCUT2D eigenvalue weighted by molar-refractivity contribution is 0.0701. The van der Waals surface area contributed by atoms with Crippen molar-refractivity contribution in [1.82, 2.24) is 5.48 Å². The van der Waals surface area contributed by atoms with E-state index in [4.69, 9.17) is 5.21 Å². The average Bonchev–Trinajstić information content (AvgIpc) is 2.08. The van der Waals surface area contributed by atoms with E-state index in [1.807, 2.05) is 0 Å². The van der Waals surface area contributed by atoms with E-state index in [1.165, 1.54) is 17.6 Å². The van der Waals surface area contributed by atoms with Gasteiger partial charge < -0.3 is 0 Å². The van der Waals surface area contributed by atoms with Crippen molar-refractivity contribution in [1.29, 1.82) is 0 Å². The van der Waals surface area contributed by atoms with Gasteiger partial charge in [-0.05, 0) is 19.1 Å². The van der Waals surface area contributed by atoms with Gasteiger partial charge in [0.1, 0.15) is 5.82 Å². The largest absolute Gasteiger partial charge is 0.288 e. The minimum Gasteiger partial charge on any atom is -0.288 e. The Bertz CT molecular complexity index is 312. The van der Waals surface area contributed by atoms with Crippen molar-refractivity contribution < 1.29 is 14.4 Å². The first-order valence-corrected chi connectivity index (χ1v) is 3.35. The SMILES string of the molecule is Cc1ccc(F)c(C(=O)NO)c1. The van der Waals surface area contributed by atoms with Gasteiger partial charge in [0.2, 0.25) is 0 Å². The summed E-state index contributed by atoms with van der Waals surface area (Å²) < 4.78 is 12.8. The molecule has 0 saturated carbocycles. The number of amides is 1. The highest BCUT2D eigenvalue weighted by Crippen LogP contribution is 2.09. The highest BCUT2D eigenvalue weighted by Gasteiger charge is 2.09. The van der Waals surface area contributed by atoms with Crippen molar-refractivity contribution in [3.8, 4) is 0 Å². The summed E-state index contributed by atoms with van der Waals surface area (Å²) in [6, 6.07) is 4.09. The molecule has 2 N–H and O–H groups in total. The number of halogens is 1. The van der Waals surface area contributed by atoms with Crippen LogP contribution >= 0.6 is 0 Å². The Morgan fingerprint density at radius 1 is 1.58 bits per heavy atom. The predicted molar refractivity (Wildman–Crippen MR) is 40.4 cm³/mol. The molecular formula is C8H8FNO2. The van der Waals surface area contributed by atoms with E-state index in [0.717, 1.165) is 5.56 Å². The first-order chi connectivity index (χ1) is 5.65. The number of hydrogen-bond acceptors (Lipinski definition) is 2. The minimum absolute atomic E-state index is 0.155. The van der Waals surface area contributed by atoms with Crippen molar-refractivity contribution in [3.63, 3.8) is 0 Å². The van der Waals surface area contributed by atoms with Crippen LogP contribution < -0.4 is 5.48 Å². The Labute approximate surface area is 68.8 Å². The fraction of sp³-hybridized carbons (Fsp3) is 0.125. The second-order valence-electron chi connectivity index (χ2n) is 2.42. The third-order valence-corrected chi connectivity index (χ3v) is 1.47. The molecule has 0 aliphatic carbocycles. The number of carbonyl (C=O) groups is 1. The van der Waals surface area contributed by atoms with Crippen LogP contribution in [-0.2, 0) is 0 Å². The first-order valence-electron chi connectivity index (χ1n) is 3.35. The molecule has 12 heavy (non-hydrogen) atoms. The molecule has 0 heterocycles. The van der Waals surface area contributed by atoms with Gasteiger partial charge in [-0.3, -0.25) is 10.0 Å². The zero-order valence-corrected chi connectivity index (χ0v) is 6.47. The van der Waals surface area contributed by atoms with Gasteiger partial charge in [0.25, 0.3) is 5.91 Å². The maximum Gasteiger partial charge on any atom is 0.277 e. The summed E-state index contributed by atoms with van der Waals surface area (Å²) in [7, 11) is 0. The van der Waals surface area contributed by atoms with Crippen LogP contribution in [0.2, 0.25) is 0 Å². The summed E-state index contributed by atoms with van der Waals surface area (Å²) in [6.07, 6.45) is 0. The predicted octanol–water partition coefficient (Wildman–Crippen LogP) is 1.25. The minimum atomic E-state index is -0.837. The topological polar surface area (TPSA) is 49.3 Å². The van der Waals surface area contributed by atoms with Gasteiger partial charge in [-0.2, -0.15) is 0 Å². The Hall–Kier alpha value is -1.42. The fourth-order valence-electron chi connectivity index (χ4n) is 0.873. The monoisotopic (exact) mass is 169 g/mol. The van der Waals surface area contributed by atoms with Crippen molar-refractivity contribution in [3.05, 3.63) is 35.1 Å². The summed E-state index contributed by atoms with van der Waals surface area (Å²) in [5, 5.41) is 8.24. The smallest absolute Gasteiger partial charge is 0.277 e. The van der Waals surface area contributed by atoms with Crippen LogP contribution in [-0.4, -0.2) is 11.1 Å². The van der Waals surface area contributed by atoms with E-state index in [-0.39, 0.29) is 5.56 Å². The number of rotatable bonds is 1. The van der Waals surface area contributed by atoms with Crippen molar-refractivity contribution in [2.45, 2.75) is 6.92 Å². The number of hydrogen-bond donors (Lipinski definition) is 2. The van der Waals surface area contributed by atoms with Gasteiger partial charge in [0.05, 0.1) is 5.56 Å². The Morgan fingerprint density at radius 2 is 2.25 bits per heavy atom. The van der Waals surface area contributed by atoms with Crippen LogP contribution in [0.15, 0.2) is 18.2 Å². The summed E-state index contributed by atoms with van der Waals surface area (Å²) >= 11 is 0. The van der Waals surface area contributed by atoms with Crippen LogP contribution in [0.5, 0.6) is 0 Å². The molecule has 0 radical (unpaired) electrons. The molecule has 4 heteroatoms. The van der Waals surface area contributed by atoms with Crippen molar-refractivity contribution >= 4 is 5.91 Å². The fourth-order valence-corrected chi connectivity index (χ4v) is 0.873. The Kier molecular flexibility index (Phi) is 2.40. The van der Waals surface area contributed by atoms with E-state index < -0.39 is 11.7 Å². The molecular weight excluding hydrogens is 161 g/mol. The number of carbonyl (C=O) groups excluding carboxylic acids is 1. The third-order valence-electron chi connectivity index (χ3n) is 1.47. The molecule has 0 saturated heterocycles. The van der Waals surface area contributed by atoms with Crippen LogP contribution in [0.4, 0.5) is 4.39 Å². The van der Waals surface area contributed by atoms with Gasteiger partial charge >= 0.3 is 0 Å². The molecule has 0 atom stereocenters. The molecule has 1 aromatic rings. The maximum atomic E-state index is 12.8. The number of nitrogens with one attached hydrogen (secondary N) is 1. The zero-order chi connectivity index (χ0) is 9.14. The lowest BCUT2D eigenvalue weighted by Crippen LogP contribution is -2.20. The van der Waals surface area contributed by atoms with Crippen molar-refractivity contribution in [2.75, 3.05) is 0 Å². The first kappa shape index (κ1) is 8.67. The maximum absolute atomic E-state index is 12.8. The molecule has 0 unspecified atom stereocenters. The lowest BCUT2D eigenvalue weighted by Gasteiger charge is -2.00. The average molecular weight is 169 g/mol. The molecule has 1 amide bonds. The molecule has 3 nitrogen and oxygen atoms in total. The molecule has 0 aromatic heterocycles. The number of hydroxylamine groups is 1. The molecule has 0 aliphatic heterocycles. The number of benzene rings is 1. The van der Waals surface area contributed by atoms with Crippen LogP contribution in [0.25, 0.3) is 0 Å². The zero-order valence-electron chi connectivity index (χ0n) is 6.47. The summed E-state index contributed by atoms with van der Waals surface area (Å²) in [4.78, 5) is 10.8. The standard InChI is InChI=1S/C8H8FNO2/c1-5-2-3-7(9)6(4-5)8(11)10-12/h2-4,12H,1H3,(H,10,11). The van der Waals surface area contributed by atoms with Crippen LogP contribution in [0, 0.1) is 12.7 Å². The second kappa shape index (κ2) is 3.32. The molecule has 0 spiro atoms. The van der Waals surface area contributed by atoms with E-state index in [0.29, 0.717) is 0 Å². The van der Waals surface area contributed by atoms with E-state index >= 15 is 0 Å². The van der Waals surface area contributed by atoms with Gasteiger partial charge in [0.15, 0.2) is 0 Å². The summed E-state index contributed by atoms with van der Waals surface area (Å²) in [6.45, 7) is 1.73. The van der Waals surface area contributed by atoms with Crippen molar-refractivity contribution in [2.24, 2.45) is 0 Å². The molecule has 0 bridgehead atoms. The van der Waals surface area contributed by atoms with Crippen LogP contribution in [0.3, 0.4) is 0 Å². The summed E-state index contributed by atoms with van der Waals surface area (Å²) in [5.74, 6) is -1.48. The second-order valence-corrected chi connectivity index (χ2v) is 2.42. The number of aryl methyl sites for hydroxylation is 1. The molecule has 1 rings (SSSR count). The molecule has 64 valence electrons. The molecule has 0 fully saturated rings. The molecule has 1 aromatic carbocycles. The van der Waals surface area contributed by atoms with E-state index in [2.05, 4.69) is 0 Å². The van der Waals surface area contributed by atoms with Gasteiger partial charge in [-0.25, -0.2) is 9.87 Å².